The van der Waals surface area contributed by atoms with Crippen molar-refractivity contribution in [3.8, 4) is 0 Å². The summed E-state index contributed by atoms with van der Waals surface area (Å²) in [5.74, 6) is -0.427. The largest absolute Gasteiger partial charge is 0.464 e. The van der Waals surface area contributed by atoms with E-state index in [1.807, 2.05) is 6.92 Å². The molecular weight excluding hydrogens is 268 g/mol. The van der Waals surface area contributed by atoms with Crippen LogP contribution in [0.5, 0.6) is 0 Å². The van der Waals surface area contributed by atoms with Gasteiger partial charge in [-0.1, -0.05) is 0 Å². The van der Waals surface area contributed by atoms with Gasteiger partial charge in [0, 0.05) is 17.8 Å². The average molecular weight is 290 g/mol. The number of hydrogen-bond donors (Lipinski definition) is 1. The maximum atomic E-state index is 12.7. The molecule has 5 heteroatoms. The molecule has 0 radical (unpaired) electrons. The lowest BCUT2D eigenvalue weighted by atomic mass is 9.99. The zero-order valence-corrected chi connectivity index (χ0v) is 12.6. The summed E-state index contributed by atoms with van der Waals surface area (Å²) in [7, 11) is 0. The number of amides is 1. The summed E-state index contributed by atoms with van der Waals surface area (Å²) in [6, 6.07) is 4.74. The van der Waals surface area contributed by atoms with Gasteiger partial charge in [0.15, 0.2) is 0 Å². The van der Waals surface area contributed by atoms with Gasteiger partial charge in [-0.25, -0.2) is 4.79 Å². The summed E-state index contributed by atoms with van der Waals surface area (Å²) >= 11 is 0. The van der Waals surface area contributed by atoms with Gasteiger partial charge in [0.1, 0.15) is 6.04 Å². The van der Waals surface area contributed by atoms with Crippen LogP contribution < -0.4 is 5.73 Å². The minimum atomic E-state index is -0.469. The summed E-state index contributed by atoms with van der Waals surface area (Å²) in [5.41, 5.74) is 7.78. The van der Waals surface area contributed by atoms with E-state index in [1.54, 1.807) is 30.0 Å². The molecule has 21 heavy (non-hydrogen) atoms. The Bertz CT molecular complexity index is 542. The smallest absolute Gasteiger partial charge is 0.328 e. The number of aryl methyl sites for hydroxylation is 1. The molecule has 1 aliphatic rings. The number of esters is 1. The van der Waals surface area contributed by atoms with Crippen LogP contribution in [-0.2, 0) is 9.53 Å². The summed E-state index contributed by atoms with van der Waals surface area (Å²) in [4.78, 5) is 26.4. The first kappa shape index (κ1) is 15.4. The normalized spacial score (nSPS) is 18.4. The standard InChI is InChI=1S/C16H22N2O3/c1-3-21-16(20)14-6-4-5-9-18(14)15(19)13-8-7-12(17)10-11(13)2/h7-8,10,14H,3-6,9,17H2,1-2H3. The van der Waals surface area contributed by atoms with Crippen LogP contribution in [0.1, 0.15) is 42.1 Å². The Morgan fingerprint density at radius 2 is 2.14 bits per heavy atom. The zero-order chi connectivity index (χ0) is 15.4. The molecule has 2 N–H and O–H groups in total. The van der Waals surface area contributed by atoms with Crippen molar-refractivity contribution in [1.29, 1.82) is 0 Å². The number of anilines is 1. The van der Waals surface area contributed by atoms with Gasteiger partial charge in [-0.05, 0) is 56.9 Å². The van der Waals surface area contributed by atoms with Crippen LogP contribution in [0, 0.1) is 6.92 Å². The minimum Gasteiger partial charge on any atom is -0.464 e. The van der Waals surface area contributed by atoms with Crippen LogP contribution >= 0.6 is 0 Å². The molecule has 1 unspecified atom stereocenters. The highest BCUT2D eigenvalue weighted by atomic mass is 16.5. The van der Waals surface area contributed by atoms with E-state index in [0.717, 1.165) is 18.4 Å². The third-order valence-corrected chi connectivity index (χ3v) is 3.80. The molecule has 1 aromatic carbocycles. The first-order valence-electron chi connectivity index (χ1n) is 7.38. The monoisotopic (exact) mass is 290 g/mol. The van der Waals surface area contributed by atoms with Gasteiger partial charge in [0.2, 0.25) is 0 Å². The van der Waals surface area contributed by atoms with Crippen molar-refractivity contribution in [2.45, 2.75) is 39.2 Å². The zero-order valence-electron chi connectivity index (χ0n) is 12.6. The van der Waals surface area contributed by atoms with Crippen LogP contribution in [0.2, 0.25) is 0 Å². The van der Waals surface area contributed by atoms with Crippen molar-refractivity contribution in [3.05, 3.63) is 29.3 Å². The molecule has 1 atom stereocenters. The maximum Gasteiger partial charge on any atom is 0.328 e. The number of benzene rings is 1. The van der Waals surface area contributed by atoms with Crippen LogP contribution in [-0.4, -0.2) is 36.0 Å². The number of nitrogens with two attached hydrogens (primary N) is 1. The molecule has 0 bridgehead atoms. The Kier molecular flexibility index (Phi) is 4.83. The third-order valence-electron chi connectivity index (χ3n) is 3.80. The highest BCUT2D eigenvalue weighted by Gasteiger charge is 2.33. The van der Waals surface area contributed by atoms with E-state index in [4.69, 9.17) is 10.5 Å². The number of likely N-dealkylation sites (tertiary alicyclic amines) is 1. The van der Waals surface area contributed by atoms with Crippen LogP contribution in [0.3, 0.4) is 0 Å². The molecule has 1 heterocycles. The van der Waals surface area contributed by atoms with Gasteiger partial charge >= 0.3 is 5.97 Å². The number of rotatable bonds is 3. The molecule has 0 saturated carbocycles. The van der Waals surface area contributed by atoms with Gasteiger partial charge in [0.25, 0.3) is 5.91 Å². The lowest BCUT2D eigenvalue weighted by molar-refractivity contribution is -0.149. The third kappa shape index (κ3) is 3.35. The minimum absolute atomic E-state index is 0.120. The molecular formula is C16H22N2O3. The SMILES string of the molecule is CCOC(=O)C1CCCCN1C(=O)c1ccc(N)cc1C. The Morgan fingerprint density at radius 3 is 2.81 bits per heavy atom. The second kappa shape index (κ2) is 6.61. The second-order valence-electron chi connectivity index (χ2n) is 5.34. The van der Waals surface area contributed by atoms with Crippen LogP contribution in [0.15, 0.2) is 18.2 Å². The van der Waals surface area contributed by atoms with E-state index < -0.39 is 6.04 Å². The van der Waals surface area contributed by atoms with Crippen molar-refractivity contribution >= 4 is 17.6 Å². The van der Waals surface area contributed by atoms with Gasteiger partial charge in [-0.15, -0.1) is 0 Å². The number of carbonyl (C=O) groups is 2. The van der Waals surface area contributed by atoms with E-state index in [0.29, 0.717) is 30.8 Å². The number of hydrogen-bond acceptors (Lipinski definition) is 4. The number of carbonyl (C=O) groups excluding carboxylic acids is 2. The fourth-order valence-corrected chi connectivity index (χ4v) is 2.74. The van der Waals surface area contributed by atoms with Crippen molar-refractivity contribution in [2.24, 2.45) is 0 Å². The summed E-state index contributed by atoms with van der Waals surface area (Å²) in [6.07, 6.45) is 2.52. The predicted molar refractivity (Wildman–Crippen MR) is 80.9 cm³/mol. The van der Waals surface area contributed by atoms with Gasteiger partial charge < -0.3 is 15.4 Å². The lowest BCUT2D eigenvalue weighted by Gasteiger charge is -2.34. The average Bonchev–Trinajstić information content (AvgIpc) is 2.47. The number of ether oxygens (including phenoxy) is 1. The molecule has 1 saturated heterocycles. The topological polar surface area (TPSA) is 72.6 Å². The van der Waals surface area contributed by atoms with Crippen molar-refractivity contribution in [3.63, 3.8) is 0 Å². The molecule has 1 aromatic rings. The Hall–Kier alpha value is -2.04. The molecule has 2 rings (SSSR count). The lowest BCUT2D eigenvalue weighted by Crippen LogP contribution is -2.48. The van der Waals surface area contributed by atoms with Crippen LogP contribution in [0.25, 0.3) is 0 Å². The van der Waals surface area contributed by atoms with Crippen molar-refractivity contribution in [2.75, 3.05) is 18.9 Å². The Labute approximate surface area is 125 Å². The van der Waals surface area contributed by atoms with E-state index >= 15 is 0 Å². The van der Waals surface area contributed by atoms with Crippen molar-refractivity contribution in [1.82, 2.24) is 4.90 Å². The maximum absolute atomic E-state index is 12.7. The molecule has 114 valence electrons. The first-order chi connectivity index (χ1) is 10.0. The molecule has 1 fully saturated rings. The quantitative estimate of drug-likeness (QED) is 0.683. The van der Waals surface area contributed by atoms with E-state index in [1.165, 1.54) is 0 Å². The fourth-order valence-electron chi connectivity index (χ4n) is 2.74. The number of piperidine rings is 1. The Morgan fingerprint density at radius 1 is 1.38 bits per heavy atom. The van der Waals surface area contributed by atoms with Gasteiger partial charge in [-0.2, -0.15) is 0 Å². The van der Waals surface area contributed by atoms with E-state index in [-0.39, 0.29) is 11.9 Å². The molecule has 0 aromatic heterocycles. The highest BCUT2D eigenvalue weighted by molar-refractivity contribution is 5.98. The second-order valence-corrected chi connectivity index (χ2v) is 5.34. The number of nitrogens with zero attached hydrogens (tertiary/aromatic N) is 1. The van der Waals surface area contributed by atoms with Gasteiger partial charge in [0.05, 0.1) is 6.61 Å². The molecule has 1 amide bonds. The van der Waals surface area contributed by atoms with Crippen molar-refractivity contribution < 1.29 is 14.3 Å². The summed E-state index contributed by atoms with van der Waals surface area (Å²) in [5, 5.41) is 0. The van der Waals surface area contributed by atoms with Gasteiger partial charge in [-0.3, -0.25) is 4.79 Å². The molecule has 0 spiro atoms. The van der Waals surface area contributed by atoms with E-state index in [2.05, 4.69) is 0 Å². The predicted octanol–water partition coefficient (Wildman–Crippen LogP) is 2.14. The van der Waals surface area contributed by atoms with E-state index in [9.17, 15) is 9.59 Å². The molecule has 0 aliphatic carbocycles. The fraction of sp³-hybridized carbons (Fsp3) is 0.500. The summed E-state index contributed by atoms with van der Waals surface area (Å²) < 4.78 is 5.09. The molecule has 1 aliphatic heterocycles. The highest BCUT2D eigenvalue weighted by Crippen LogP contribution is 2.23. The molecule has 5 nitrogen and oxygen atoms in total. The Balaban J connectivity index is 2.24. The number of nitrogen functional groups attached to an aromatic ring is 1. The summed E-state index contributed by atoms with van der Waals surface area (Å²) in [6.45, 7) is 4.55. The van der Waals surface area contributed by atoms with Crippen LogP contribution in [0.4, 0.5) is 5.69 Å². The first-order valence-corrected chi connectivity index (χ1v) is 7.38.